The molecule has 0 aromatic heterocycles. The van der Waals surface area contributed by atoms with E-state index in [1.54, 1.807) is 0 Å². The molecule has 2 N–H and O–H groups in total. The highest BCUT2D eigenvalue weighted by Crippen LogP contribution is 2.29. The summed E-state index contributed by atoms with van der Waals surface area (Å²) in [7, 11) is 0. The number of amides is 2. The second-order valence-electron chi connectivity index (χ2n) is 6.97. The van der Waals surface area contributed by atoms with E-state index in [4.69, 9.17) is 4.74 Å². The van der Waals surface area contributed by atoms with Gasteiger partial charge in [-0.25, -0.2) is 0 Å². The lowest BCUT2D eigenvalue weighted by atomic mass is 9.84. The van der Waals surface area contributed by atoms with Crippen molar-refractivity contribution in [3.8, 4) is 0 Å². The Kier molecular flexibility index (Phi) is 4.24. The van der Waals surface area contributed by atoms with Crippen molar-refractivity contribution in [1.82, 2.24) is 4.90 Å². The zero-order valence-electron chi connectivity index (χ0n) is 13.7. The van der Waals surface area contributed by atoms with Crippen molar-refractivity contribution in [2.75, 3.05) is 36.9 Å². The third kappa shape index (κ3) is 3.16. The number of nitrogens with one attached hydrogen (secondary N) is 2. The highest BCUT2D eigenvalue weighted by Gasteiger charge is 2.32. The second-order valence-corrected chi connectivity index (χ2v) is 6.97. The molecule has 128 valence electrons. The van der Waals surface area contributed by atoms with Gasteiger partial charge in [0.25, 0.3) is 0 Å². The molecule has 6 nitrogen and oxygen atoms in total. The first-order chi connectivity index (χ1) is 11.7. The Hall–Kier alpha value is -1.92. The van der Waals surface area contributed by atoms with Gasteiger partial charge < -0.3 is 15.4 Å². The SMILES string of the molecule is O=C1Cc2cc(NC(=O)C3COCCN3CC3CCC3)ccc2N1. The van der Waals surface area contributed by atoms with Gasteiger partial charge in [-0.05, 0) is 42.5 Å². The zero-order valence-corrected chi connectivity index (χ0v) is 13.7. The summed E-state index contributed by atoms with van der Waals surface area (Å²) in [5.41, 5.74) is 2.51. The minimum absolute atomic E-state index is 0.000769. The fraction of sp³-hybridized carbons (Fsp3) is 0.556. The van der Waals surface area contributed by atoms with Gasteiger partial charge in [0.15, 0.2) is 0 Å². The van der Waals surface area contributed by atoms with Gasteiger partial charge in [0.1, 0.15) is 6.04 Å². The maximum absolute atomic E-state index is 12.7. The van der Waals surface area contributed by atoms with Gasteiger partial charge in [-0.15, -0.1) is 0 Å². The third-order valence-corrected chi connectivity index (χ3v) is 5.26. The topological polar surface area (TPSA) is 70.7 Å². The molecule has 4 rings (SSSR count). The minimum atomic E-state index is -0.229. The molecule has 6 heteroatoms. The number of ether oxygens (including phenoxy) is 1. The van der Waals surface area contributed by atoms with Crippen LogP contribution in [0.2, 0.25) is 0 Å². The van der Waals surface area contributed by atoms with Gasteiger partial charge >= 0.3 is 0 Å². The number of fused-ring (bicyclic) bond motifs is 1. The van der Waals surface area contributed by atoms with Crippen molar-refractivity contribution < 1.29 is 14.3 Å². The fourth-order valence-electron chi connectivity index (χ4n) is 3.64. The number of nitrogens with zero attached hydrogens (tertiary/aromatic N) is 1. The van der Waals surface area contributed by atoms with Crippen molar-refractivity contribution in [2.45, 2.75) is 31.7 Å². The number of anilines is 2. The molecule has 1 saturated carbocycles. The van der Waals surface area contributed by atoms with E-state index in [9.17, 15) is 9.59 Å². The molecule has 1 atom stereocenters. The summed E-state index contributed by atoms with van der Waals surface area (Å²) in [4.78, 5) is 26.4. The minimum Gasteiger partial charge on any atom is -0.378 e. The quantitative estimate of drug-likeness (QED) is 0.881. The van der Waals surface area contributed by atoms with E-state index >= 15 is 0 Å². The van der Waals surface area contributed by atoms with Crippen molar-refractivity contribution in [2.24, 2.45) is 5.92 Å². The summed E-state index contributed by atoms with van der Waals surface area (Å²) in [5, 5.41) is 5.80. The van der Waals surface area contributed by atoms with Gasteiger partial charge in [0.05, 0.1) is 19.6 Å². The molecule has 0 spiro atoms. The Bertz CT molecular complexity index is 657. The van der Waals surface area contributed by atoms with Crippen LogP contribution in [0.5, 0.6) is 0 Å². The lowest BCUT2D eigenvalue weighted by molar-refractivity contribution is -0.128. The van der Waals surface area contributed by atoms with Crippen LogP contribution in [-0.4, -0.2) is 49.1 Å². The molecule has 1 unspecified atom stereocenters. The number of benzene rings is 1. The number of carbonyl (C=O) groups excluding carboxylic acids is 2. The molecule has 2 fully saturated rings. The number of hydrogen-bond acceptors (Lipinski definition) is 4. The molecule has 2 amide bonds. The Morgan fingerprint density at radius 2 is 2.25 bits per heavy atom. The molecule has 0 bridgehead atoms. The van der Waals surface area contributed by atoms with Gasteiger partial charge in [0, 0.05) is 24.5 Å². The van der Waals surface area contributed by atoms with Crippen LogP contribution in [0.1, 0.15) is 24.8 Å². The maximum Gasteiger partial charge on any atom is 0.244 e. The largest absolute Gasteiger partial charge is 0.378 e. The molecule has 2 aliphatic heterocycles. The third-order valence-electron chi connectivity index (χ3n) is 5.26. The molecule has 1 aromatic rings. The van der Waals surface area contributed by atoms with E-state index < -0.39 is 0 Å². The number of carbonyl (C=O) groups is 2. The van der Waals surface area contributed by atoms with Crippen LogP contribution in [0.25, 0.3) is 0 Å². The first-order valence-corrected chi connectivity index (χ1v) is 8.74. The molecule has 24 heavy (non-hydrogen) atoms. The van der Waals surface area contributed by atoms with Crippen LogP contribution < -0.4 is 10.6 Å². The molecular formula is C18H23N3O3. The predicted molar refractivity (Wildman–Crippen MR) is 90.9 cm³/mol. The summed E-state index contributed by atoms with van der Waals surface area (Å²) in [6.45, 7) is 2.95. The Balaban J connectivity index is 1.42. The summed E-state index contributed by atoms with van der Waals surface area (Å²) < 4.78 is 5.54. The number of morpholine rings is 1. The van der Waals surface area contributed by atoms with Crippen molar-refractivity contribution in [3.63, 3.8) is 0 Å². The highest BCUT2D eigenvalue weighted by atomic mass is 16.5. The standard InChI is InChI=1S/C18H23N3O3/c22-17-9-13-8-14(4-5-15(13)20-17)19-18(23)16-11-24-7-6-21(16)10-12-2-1-3-12/h4-5,8,12,16H,1-3,6-7,9-11H2,(H,19,23)(H,20,22). The van der Waals surface area contributed by atoms with Gasteiger partial charge in [0.2, 0.25) is 11.8 Å². The van der Waals surface area contributed by atoms with E-state index in [0.29, 0.717) is 19.6 Å². The van der Waals surface area contributed by atoms with E-state index in [-0.39, 0.29) is 17.9 Å². The fourth-order valence-corrected chi connectivity index (χ4v) is 3.64. The van der Waals surface area contributed by atoms with Crippen LogP contribution in [0.15, 0.2) is 18.2 Å². The Morgan fingerprint density at radius 1 is 1.38 bits per heavy atom. The van der Waals surface area contributed by atoms with E-state index in [1.165, 1.54) is 19.3 Å². The van der Waals surface area contributed by atoms with Crippen LogP contribution >= 0.6 is 0 Å². The lowest BCUT2D eigenvalue weighted by Gasteiger charge is -2.39. The van der Waals surface area contributed by atoms with Crippen LogP contribution in [0.4, 0.5) is 11.4 Å². The average Bonchev–Trinajstić information content (AvgIpc) is 2.90. The molecule has 1 saturated heterocycles. The molecular weight excluding hydrogens is 306 g/mol. The smallest absolute Gasteiger partial charge is 0.244 e. The van der Waals surface area contributed by atoms with Gasteiger partial charge in [-0.3, -0.25) is 14.5 Å². The summed E-state index contributed by atoms with van der Waals surface area (Å²) >= 11 is 0. The van der Waals surface area contributed by atoms with Gasteiger partial charge in [-0.1, -0.05) is 6.42 Å². The summed E-state index contributed by atoms with van der Waals surface area (Å²) in [6, 6.07) is 5.33. The number of hydrogen-bond donors (Lipinski definition) is 2. The van der Waals surface area contributed by atoms with Crippen LogP contribution in [0, 0.1) is 5.92 Å². The average molecular weight is 329 g/mol. The first-order valence-electron chi connectivity index (χ1n) is 8.74. The first kappa shape index (κ1) is 15.6. The van der Waals surface area contributed by atoms with Crippen molar-refractivity contribution in [1.29, 1.82) is 0 Å². The summed E-state index contributed by atoms with van der Waals surface area (Å²) in [5.74, 6) is 0.711. The Labute approximate surface area is 141 Å². The molecule has 2 heterocycles. The van der Waals surface area contributed by atoms with Crippen LogP contribution in [-0.2, 0) is 20.7 Å². The summed E-state index contributed by atoms with van der Waals surface area (Å²) in [6.07, 6.45) is 4.24. The molecule has 0 radical (unpaired) electrons. The van der Waals surface area contributed by atoms with Gasteiger partial charge in [-0.2, -0.15) is 0 Å². The van der Waals surface area contributed by atoms with E-state index in [1.807, 2.05) is 18.2 Å². The monoisotopic (exact) mass is 329 g/mol. The molecule has 3 aliphatic rings. The van der Waals surface area contributed by atoms with E-state index in [2.05, 4.69) is 15.5 Å². The van der Waals surface area contributed by atoms with E-state index in [0.717, 1.165) is 35.9 Å². The molecule has 1 aromatic carbocycles. The zero-order chi connectivity index (χ0) is 16.5. The van der Waals surface area contributed by atoms with Crippen molar-refractivity contribution >= 4 is 23.2 Å². The van der Waals surface area contributed by atoms with Crippen LogP contribution in [0.3, 0.4) is 0 Å². The maximum atomic E-state index is 12.7. The number of rotatable bonds is 4. The molecule has 1 aliphatic carbocycles. The second kappa shape index (κ2) is 6.53. The van der Waals surface area contributed by atoms with Crippen molar-refractivity contribution in [3.05, 3.63) is 23.8 Å². The highest BCUT2D eigenvalue weighted by molar-refractivity contribution is 6.01. The lowest BCUT2D eigenvalue weighted by Crippen LogP contribution is -2.53. The normalized spacial score (nSPS) is 24.2. The Morgan fingerprint density at radius 3 is 3.04 bits per heavy atom. The predicted octanol–water partition coefficient (Wildman–Crippen LogP) is 1.62.